The lowest BCUT2D eigenvalue weighted by Crippen LogP contribution is -2.31. The number of hydrogen-bond acceptors (Lipinski definition) is 4. The van der Waals surface area contributed by atoms with Crippen molar-refractivity contribution in [1.82, 2.24) is 5.32 Å². The Morgan fingerprint density at radius 3 is 2.67 bits per heavy atom. The molecule has 1 heterocycles. The number of carbonyl (C=O) groups is 2. The average Bonchev–Trinajstić information content (AvgIpc) is 3.19. The Hall–Kier alpha value is -2.57. The Morgan fingerprint density at radius 1 is 1.11 bits per heavy atom. The van der Waals surface area contributed by atoms with Crippen molar-refractivity contribution >= 4 is 34.8 Å². The minimum atomic E-state index is -0.207. The van der Waals surface area contributed by atoms with Gasteiger partial charge in [0, 0.05) is 35.1 Å². The second kappa shape index (κ2) is 9.39. The minimum absolute atomic E-state index is 0.0933. The van der Waals surface area contributed by atoms with Gasteiger partial charge in [-0.3, -0.25) is 9.59 Å². The molecule has 1 atom stereocenters. The standard InChI is InChI=1S/C20H22ClN3O3/c21-15-6-8-16(9-7-15)22-13-19(25)24-17-4-1-3-14(11-17)20(26)23-12-18-5-2-10-27-18/h1,3-4,6-9,11,18,22H,2,5,10,12-13H2,(H,23,26)(H,24,25). The maximum Gasteiger partial charge on any atom is 0.251 e. The Morgan fingerprint density at radius 2 is 1.93 bits per heavy atom. The van der Waals surface area contributed by atoms with Crippen LogP contribution in [0.2, 0.25) is 5.02 Å². The number of amides is 2. The van der Waals surface area contributed by atoms with Crippen molar-refractivity contribution in [3.8, 4) is 0 Å². The minimum Gasteiger partial charge on any atom is -0.376 e. The lowest BCUT2D eigenvalue weighted by atomic mass is 10.1. The Kier molecular flexibility index (Phi) is 6.68. The number of benzene rings is 2. The van der Waals surface area contributed by atoms with Crippen LogP contribution in [0.25, 0.3) is 0 Å². The second-order valence-corrected chi connectivity index (χ2v) is 6.77. The molecule has 3 rings (SSSR count). The van der Waals surface area contributed by atoms with Gasteiger partial charge in [-0.05, 0) is 55.3 Å². The van der Waals surface area contributed by atoms with Gasteiger partial charge in [0.15, 0.2) is 0 Å². The number of halogens is 1. The van der Waals surface area contributed by atoms with Gasteiger partial charge >= 0.3 is 0 Å². The largest absolute Gasteiger partial charge is 0.376 e. The molecule has 7 heteroatoms. The molecule has 0 radical (unpaired) electrons. The Bertz CT molecular complexity index is 789. The summed E-state index contributed by atoms with van der Waals surface area (Å²) in [5.41, 5.74) is 1.87. The molecule has 1 aliphatic heterocycles. The molecule has 2 amide bonds. The van der Waals surface area contributed by atoms with Crippen molar-refractivity contribution in [3.05, 3.63) is 59.1 Å². The zero-order valence-electron chi connectivity index (χ0n) is 14.8. The molecule has 1 unspecified atom stereocenters. The lowest BCUT2D eigenvalue weighted by Gasteiger charge is -2.12. The number of rotatable bonds is 7. The molecule has 6 nitrogen and oxygen atoms in total. The Balaban J connectivity index is 1.49. The van der Waals surface area contributed by atoms with E-state index in [0.717, 1.165) is 25.1 Å². The van der Waals surface area contributed by atoms with Gasteiger partial charge in [0.25, 0.3) is 5.91 Å². The third-order valence-electron chi connectivity index (χ3n) is 4.22. The molecule has 2 aromatic rings. The van der Waals surface area contributed by atoms with E-state index in [-0.39, 0.29) is 24.5 Å². The summed E-state index contributed by atoms with van der Waals surface area (Å²) in [5, 5.41) is 9.31. The van der Waals surface area contributed by atoms with E-state index in [9.17, 15) is 9.59 Å². The van der Waals surface area contributed by atoms with Gasteiger partial charge in [0.1, 0.15) is 0 Å². The van der Waals surface area contributed by atoms with Crippen LogP contribution >= 0.6 is 11.6 Å². The quantitative estimate of drug-likeness (QED) is 0.681. The topological polar surface area (TPSA) is 79.5 Å². The summed E-state index contributed by atoms with van der Waals surface area (Å²) in [6, 6.07) is 14.0. The molecular weight excluding hydrogens is 366 g/mol. The van der Waals surface area contributed by atoms with E-state index in [2.05, 4.69) is 16.0 Å². The van der Waals surface area contributed by atoms with Gasteiger partial charge < -0.3 is 20.7 Å². The van der Waals surface area contributed by atoms with Crippen molar-refractivity contribution in [2.24, 2.45) is 0 Å². The summed E-state index contributed by atoms with van der Waals surface area (Å²) in [6.45, 7) is 1.36. The first-order valence-electron chi connectivity index (χ1n) is 8.89. The van der Waals surface area contributed by atoms with E-state index in [1.807, 2.05) is 0 Å². The zero-order chi connectivity index (χ0) is 19.1. The maximum absolute atomic E-state index is 12.3. The molecule has 27 heavy (non-hydrogen) atoms. The lowest BCUT2D eigenvalue weighted by molar-refractivity contribution is -0.114. The molecule has 0 aromatic heterocycles. The van der Waals surface area contributed by atoms with Gasteiger partial charge in [-0.15, -0.1) is 0 Å². The molecule has 0 spiro atoms. The van der Waals surface area contributed by atoms with Crippen molar-refractivity contribution in [2.45, 2.75) is 18.9 Å². The summed E-state index contributed by atoms with van der Waals surface area (Å²) in [5.74, 6) is -0.386. The molecule has 0 saturated carbocycles. The molecule has 1 aliphatic rings. The van der Waals surface area contributed by atoms with Crippen molar-refractivity contribution in [1.29, 1.82) is 0 Å². The number of carbonyl (C=O) groups excluding carboxylic acids is 2. The molecule has 1 fully saturated rings. The second-order valence-electron chi connectivity index (χ2n) is 6.33. The molecule has 142 valence electrons. The van der Waals surface area contributed by atoms with E-state index < -0.39 is 0 Å². The maximum atomic E-state index is 12.3. The van der Waals surface area contributed by atoms with Gasteiger partial charge in [-0.25, -0.2) is 0 Å². The highest BCUT2D eigenvalue weighted by atomic mass is 35.5. The highest BCUT2D eigenvalue weighted by Crippen LogP contribution is 2.14. The number of hydrogen-bond donors (Lipinski definition) is 3. The predicted octanol–water partition coefficient (Wildman–Crippen LogP) is 3.30. The third-order valence-corrected chi connectivity index (χ3v) is 4.47. The summed E-state index contributed by atoms with van der Waals surface area (Å²) in [4.78, 5) is 24.4. The van der Waals surface area contributed by atoms with Crippen LogP contribution in [0.1, 0.15) is 23.2 Å². The van der Waals surface area contributed by atoms with Crippen LogP contribution < -0.4 is 16.0 Å². The summed E-state index contributed by atoms with van der Waals surface area (Å²) >= 11 is 5.83. The van der Waals surface area contributed by atoms with Crippen LogP contribution in [-0.4, -0.2) is 37.6 Å². The van der Waals surface area contributed by atoms with E-state index in [0.29, 0.717) is 22.8 Å². The molecule has 0 bridgehead atoms. The van der Waals surface area contributed by atoms with Crippen molar-refractivity contribution in [3.63, 3.8) is 0 Å². The molecule has 3 N–H and O–H groups in total. The number of anilines is 2. The van der Waals surface area contributed by atoms with Gasteiger partial charge in [0.2, 0.25) is 5.91 Å². The molecule has 0 aliphatic carbocycles. The monoisotopic (exact) mass is 387 g/mol. The normalized spacial score (nSPS) is 16.0. The number of nitrogens with one attached hydrogen (secondary N) is 3. The van der Waals surface area contributed by atoms with E-state index >= 15 is 0 Å². The fraction of sp³-hybridized carbons (Fsp3) is 0.300. The first kappa shape index (κ1) is 19.2. The average molecular weight is 388 g/mol. The number of ether oxygens (including phenoxy) is 1. The van der Waals surface area contributed by atoms with Crippen molar-refractivity contribution in [2.75, 3.05) is 30.3 Å². The molecular formula is C20H22ClN3O3. The van der Waals surface area contributed by atoms with Gasteiger partial charge in [-0.1, -0.05) is 17.7 Å². The van der Waals surface area contributed by atoms with E-state index in [1.165, 1.54) is 0 Å². The van der Waals surface area contributed by atoms with E-state index in [4.69, 9.17) is 16.3 Å². The molecule has 1 saturated heterocycles. The summed E-state index contributed by atoms with van der Waals surface area (Å²) in [7, 11) is 0. The zero-order valence-corrected chi connectivity index (χ0v) is 15.6. The van der Waals surface area contributed by atoms with Crippen LogP contribution in [0, 0.1) is 0 Å². The fourth-order valence-electron chi connectivity index (χ4n) is 2.81. The highest BCUT2D eigenvalue weighted by Gasteiger charge is 2.16. The Labute approximate surface area is 163 Å². The van der Waals surface area contributed by atoms with Crippen LogP contribution in [0.15, 0.2) is 48.5 Å². The van der Waals surface area contributed by atoms with Crippen LogP contribution in [0.4, 0.5) is 11.4 Å². The first-order chi connectivity index (χ1) is 13.1. The summed E-state index contributed by atoms with van der Waals surface area (Å²) in [6.07, 6.45) is 2.10. The third kappa shape index (κ3) is 5.98. The fourth-order valence-corrected chi connectivity index (χ4v) is 2.93. The van der Waals surface area contributed by atoms with Crippen LogP contribution in [-0.2, 0) is 9.53 Å². The predicted molar refractivity (Wildman–Crippen MR) is 106 cm³/mol. The highest BCUT2D eigenvalue weighted by molar-refractivity contribution is 6.30. The van der Waals surface area contributed by atoms with Gasteiger partial charge in [0.05, 0.1) is 12.6 Å². The van der Waals surface area contributed by atoms with Crippen molar-refractivity contribution < 1.29 is 14.3 Å². The van der Waals surface area contributed by atoms with Gasteiger partial charge in [-0.2, -0.15) is 0 Å². The van der Waals surface area contributed by atoms with E-state index in [1.54, 1.807) is 48.5 Å². The van der Waals surface area contributed by atoms with Crippen LogP contribution in [0.5, 0.6) is 0 Å². The smallest absolute Gasteiger partial charge is 0.251 e. The summed E-state index contributed by atoms with van der Waals surface area (Å²) < 4.78 is 5.50. The first-order valence-corrected chi connectivity index (χ1v) is 9.27. The molecule has 2 aromatic carbocycles. The van der Waals surface area contributed by atoms with Crippen LogP contribution in [0.3, 0.4) is 0 Å². The SMILES string of the molecule is O=C(CNc1ccc(Cl)cc1)Nc1cccc(C(=O)NCC2CCCO2)c1.